The van der Waals surface area contributed by atoms with Gasteiger partial charge in [-0.2, -0.15) is 0 Å². The van der Waals surface area contributed by atoms with Crippen molar-refractivity contribution in [2.24, 2.45) is 11.8 Å². The Morgan fingerprint density at radius 3 is 2.19 bits per heavy atom. The van der Waals surface area contributed by atoms with Crippen molar-refractivity contribution in [1.29, 1.82) is 0 Å². The molecule has 2 rings (SSSR count). The smallest absolute Gasteiger partial charge is 0.451 e. The summed E-state index contributed by atoms with van der Waals surface area (Å²) >= 11 is 0. The molecule has 2 unspecified atom stereocenters. The van der Waals surface area contributed by atoms with Crippen LogP contribution < -0.4 is 0 Å². The fourth-order valence-electron chi connectivity index (χ4n) is 3.22. The molecule has 0 amide bonds. The summed E-state index contributed by atoms with van der Waals surface area (Å²) in [5.41, 5.74) is 0. The second-order valence-electron chi connectivity index (χ2n) is 6.24. The Kier molecular flexibility index (Phi) is 8.96. The quantitative estimate of drug-likeness (QED) is 0.690. The molecule has 0 aromatic heterocycles. The largest absolute Gasteiger partial charge is 0.481 e. The van der Waals surface area contributed by atoms with Gasteiger partial charge in [0.1, 0.15) is 0 Å². The van der Waals surface area contributed by atoms with Crippen LogP contribution in [0.25, 0.3) is 0 Å². The Balaban J connectivity index is 0.000000383. The zero-order valence-electron chi connectivity index (χ0n) is 13.2. The van der Waals surface area contributed by atoms with Crippen molar-refractivity contribution in [2.45, 2.75) is 58.2 Å². The molecule has 3 N–H and O–H groups in total. The average Bonchev–Trinajstić information content (AvgIpc) is 2.49. The Morgan fingerprint density at radius 1 is 1.10 bits per heavy atom. The zero-order chi connectivity index (χ0) is 15.7. The summed E-state index contributed by atoms with van der Waals surface area (Å²) in [4.78, 5) is 13.7. The van der Waals surface area contributed by atoms with E-state index in [0.29, 0.717) is 12.2 Å². The maximum absolute atomic E-state index is 11.2. The number of rotatable bonds is 4. The third-order valence-corrected chi connectivity index (χ3v) is 4.53. The van der Waals surface area contributed by atoms with E-state index in [1.165, 1.54) is 38.8 Å². The van der Waals surface area contributed by atoms with Crippen molar-refractivity contribution in [2.75, 3.05) is 19.6 Å². The predicted octanol–water partition coefficient (Wildman–Crippen LogP) is 1.84. The summed E-state index contributed by atoms with van der Waals surface area (Å²) in [5.74, 6) is -0.235. The van der Waals surface area contributed by atoms with Gasteiger partial charge in [-0.3, -0.25) is 4.79 Å². The summed E-state index contributed by atoms with van der Waals surface area (Å²) in [6.45, 7) is 5.09. The molecule has 122 valence electrons. The third-order valence-electron chi connectivity index (χ3n) is 4.53. The zero-order valence-corrected chi connectivity index (χ0v) is 13.2. The van der Waals surface area contributed by atoms with Crippen LogP contribution in [0.1, 0.15) is 51.9 Å². The highest BCUT2D eigenvalue weighted by Gasteiger charge is 2.31. The molecular formula is C15H30BNO4. The molecule has 2 atom stereocenters. The van der Waals surface area contributed by atoms with Gasteiger partial charge in [0.2, 0.25) is 0 Å². The molecule has 5 nitrogen and oxygen atoms in total. The van der Waals surface area contributed by atoms with Gasteiger partial charge in [-0.05, 0) is 51.0 Å². The van der Waals surface area contributed by atoms with E-state index in [1.807, 2.05) is 0 Å². The predicted molar refractivity (Wildman–Crippen MR) is 84.0 cm³/mol. The number of piperidine rings is 1. The molecule has 0 radical (unpaired) electrons. The number of carbonyl (C=O) groups is 1. The lowest BCUT2D eigenvalue weighted by Gasteiger charge is -2.35. The maximum atomic E-state index is 11.2. The lowest BCUT2D eigenvalue weighted by Crippen LogP contribution is -2.39. The van der Waals surface area contributed by atoms with E-state index < -0.39 is 13.1 Å². The van der Waals surface area contributed by atoms with E-state index in [4.69, 9.17) is 10.0 Å². The van der Waals surface area contributed by atoms with E-state index in [2.05, 4.69) is 4.90 Å². The van der Waals surface area contributed by atoms with Gasteiger partial charge in [0, 0.05) is 6.54 Å². The van der Waals surface area contributed by atoms with Gasteiger partial charge in [0.25, 0.3) is 0 Å². The van der Waals surface area contributed by atoms with Crippen molar-refractivity contribution in [1.82, 2.24) is 4.90 Å². The molecule has 0 bridgehead atoms. The first kappa shape index (κ1) is 18.5. The van der Waals surface area contributed by atoms with E-state index in [1.54, 1.807) is 6.92 Å². The molecular weight excluding hydrogens is 269 g/mol. The van der Waals surface area contributed by atoms with Crippen LogP contribution in [0.3, 0.4) is 0 Å². The Morgan fingerprint density at radius 2 is 1.67 bits per heavy atom. The van der Waals surface area contributed by atoms with Gasteiger partial charge in [0.05, 0.1) is 5.92 Å². The number of likely N-dealkylation sites (tertiary alicyclic amines) is 1. The van der Waals surface area contributed by atoms with Crippen LogP contribution in [0, 0.1) is 11.8 Å². The van der Waals surface area contributed by atoms with Gasteiger partial charge in [-0.25, -0.2) is 0 Å². The van der Waals surface area contributed by atoms with Crippen molar-refractivity contribution in [3.8, 4) is 0 Å². The maximum Gasteiger partial charge on any atom is 0.451 e. The first-order valence-electron chi connectivity index (χ1n) is 8.35. The number of carboxylic acids is 1. The first-order valence-corrected chi connectivity index (χ1v) is 8.35. The summed E-state index contributed by atoms with van der Waals surface area (Å²) < 4.78 is 0. The SMILES string of the molecule is CCB(O)O.O=C(O)C1CCCCC1CN1CCCCC1. The summed E-state index contributed by atoms with van der Waals surface area (Å²) in [6.07, 6.45) is 8.70. The Labute approximate surface area is 128 Å². The second-order valence-corrected chi connectivity index (χ2v) is 6.24. The lowest BCUT2D eigenvalue weighted by atomic mass is 9.79. The van der Waals surface area contributed by atoms with Gasteiger partial charge in [0.15, 0.2) is 0 Å². The number of carboxylic acid groups (broad SMARTS) is 1. The minimum absolute atomic E-state index is 0.0734. The van der Waals surface area contributed by atoms with Crippen molar-refractivity contribution in [3.63, 3.8) is 0 Å². The molecule has 2 aliphatic rings. The van der Waals surface area contributed by atoms with E-state index in [0.717, 1.165) is 25.8 Å². The second kappa shape index (κ2) is 10.2. The van der Waals surface area contributed by atoms with Crippen LogP contribution in [0.15, 0.2) is 0 Å². The fourth-order valence-corrected chi connectivity index (χ4v) is 3.22. The number of hydrogen-bond donors (Lipinski definition) is 3. The summed E-state index contributed by atoms with van der Waals surface area (Å²) in [7, 11) is -1.12. The van der Waals surface area contributed by atoms with Crippen LogP contribution in [0.5, 0.6) is 0 Å². The van der Waals surface area contributed by atoms with Gasteiger partial charge in [-0.15, -0.1) is 0 Å². The van der Waals surface area contributed by atoms with Gasteiger partial charge < -0.3 is 20.1 Å². The highest BCUT2D eigenvalue weighted by atomic mass is 16.4. The molecule has 1 aliphatic carbocycles. The van der Waals surface area contributed by atoms with Crippen LogP contribution in [0.2, 0.25) is 6.32 Å². The van der Waals surface area contributed by atoms with Crippen molar-refractivity contribution in [3.05, 3.63) is 0 Å². The molecule has 1 heterocycles. The summed E-state index contributed by atoms with van der Waals surface area (Å²) in [5, 5.41) is 25.1. The highest BCUT2D eigenvalue weighted by Crippen LogP contribution is 2.31. The van der Waals surface area contributed by atoms with Crippen LogP contribution in [-0.4, -0.2) is 52.8 Å². The van der Waals surface area contributed by atoms with E-state index in [-0.39, 0.29) is 5.92 Å². The van der Waals surface area contributed by atoms with Crippen LogP contribution in [-0.2, 0) is 4.79 Å². The van der Waals surface area contributed by atoms with Crippen LogP contribution >= 0.6 is 0 Å². The Bertz CT molecular complexity index is 295. The molecule has 6 heteroatoms. The average molecular weight is 299 g/mol. The molecule has 0 spiro atoms. The molecule has 1 aliphatic heterocycles. The van der Waals surface area contributed by atoms with Crippen molar-refractivity contribution >= 4 is 13.1 Å². The molecule has 1 saturated heterocycles. The number of aliphatic carboxylic acids is 1. The minimum atomic E-state index is -1.12. The number of hydrogen-bond acceptors (Lipinski definition) is 4. The molecule has 2 fully saturated rings. The molecule has 1 saturated carbocycles. The van der Waals surface area contributed by atoms with Crippen LogP contribution in [0.4, 0.5) is 0 Å². The fraction of sp³-hybridized carbons (Fsp3) is 0.933. The monoisotopic (exact) mass is 299 g/mol. The van der Waals surface area contributed by atoms with Gasteiger partial charge in [-0.1, -0.05) is 26.2 Å². The Hall–Kier alpha value is -0.585. The molecule has 0 aromatic carbocycles. The van der Waals surface area contributed by atoms with Crippen molar-refractivity contribution < 1.29 is 19.9 Å². The third kappa shape index (κ3) is 7.29. The van der Waals surface area contributed by atoms with Gasteiger partial charge >= 0.3 is 13.1 Å². The van der Waals surface area contributed by atoms with E-state index in [9.17, 15) is 9.90 Å². The number of nitrogens with zero attached hydrogens (tertiary/aromatic N) is 1. The molecule has 0 aromatic rings. The molecule has 21 heavy (non-hydrogen) atoms. The first-order chi connectivity index (χ1) is 10.0. The minimum Gasteiger partial charge on any atom is -0.481 e. The highest BCUT2D eigenvalue weighted by molar-refractivity contribution is 6.40. The topological polar surface area (TPSA) is 81.0 Å². The standard InChI is InChI=1S/C13H23NO2.C2H7BO2/c15-13(16)12-7-3-2-6-11(12)10-14-8-4-1-5-9-14;1-2-3(4)5/h11-12H,1-10H2,(H,15,16);4-5H,2H2,1H3. The normalized spacial score (nSPS) is 26.6. The summed E-state index contributed by atoms with van der Waals surface area (Å²) in [6, 6.07) is 0. The van der Waals surface area contributed by atoms with E-state index >= 15 is 0 Å². The lowest BCUT2D eigenvalue weighted by molar-refractivity contribution is -0.145.